The zero-order valence-electron chi connectivity index (χ0n) is 10.1. The van der Waals surface area contributed by atoms with E-state index in [1.807, 2.05) is 7.05 Å². The van der Waals surface area contributed by atoms with Crippen molar-refractivity contribution in [2.45, 2.75) is 65.8 Å². The Morgan fingerprint density at radius 3 is 2.31 bits per heavy atom. The van der Waals surface area contributed by atoms with Crippen molar-refractivity contribution in [1.29, 1.82) is 0 Å². The predicted molar refractivity (Wildman–Crippen MR) is 61.1 cm³/mol. The summed E-state index contributed by atoms with van der Waals surface area (Å²) < 4.78 is 0. The lowest BCUT2D eigenvalue weighted by molar-refractivity contribution is 0.264. The average Bonchev–Trinajstić information content (AvgIpc) is 2.03. The van der Waals surface area contributed by atoms with Crippen molar-refractivity contribution < 1.29 is 0 Å². The molecule has 1 atom stereocenters. The van der Waals surface area contributed by atoms with Gasteiger partial charge in [-0.05, 0) is 32.2 Å². The van der Waals surface area contributed by atoms with E-state index in [0.29, 0.717) is 11.5 Å². The summed E-state index contributed by atoms with van der Waals surface area (Å²) in [7, 11) is 2.05. The van der Waals surface area contributed by atoms with Crippen LogP contribution in [0.5, 0.6) is 0 Å². The number of hydrogen-bond acceptors (Lipinski definition) is 1. The van der Waals surface area contributed by atoms with Gasteiger partial charge in [-0.15, -0.1) is 0 Å². The van der Waals surface area contributed by atoms with Crippen molar-refractivity contribution in [3.63, 3.8) is 0 Å². The quantitative estimate of drug-likeness (QED) is 0.598. The highest BCUT2D eigenvalue weighted by Crippen LogP contribution is 2.28. The molecule has 0 saturated heterocycles. The highest BCUT2D eigenvalue weighted by molar-refractivity contribution is 4.74. The topological polar surface area (TPSA) is 12.0 Å². The molecule has 0 radical (unpaired) electrons. The molecule has 1 N–H and O–H groups in total. The first-order valence-corrected chi connectivity index (χ1v) is 5.69. The van der Waals surface area contributed by atoms with Crippen LogP contribution in [0.15, 0.2) is 0 Å². The van der Waals surface area contributed by atoms with Crippen molar-refractivity contribution in [2.75, 3.05) is 7.05 Å². The van der Waals surface area contributed by atoms with Crippen LogP contribution in [0, 0.1) is 5.41 Å². The SMILES string of the molecule is CCCCCC(C)(C)CC(C)NC. The van der Waals surface area contributed by atoms with E-state index in [1.165, 1.54) is 32.1 Å². The fraction of sp³-hybridized carbons (Fsp3) is 1.00. The largest absolute Gasteiger partial charge is 0.317 e. The summed E-state index contributed by atoms with van der Waals surface area (Å²) in [6, 6.07) is 0.650. The molecule has 0 aliphatic carbocycles. The second-order valence-corrected chi connectivity index (χ2v) is 5.02. The highest BCUT2D eigenvalue weighted by atomic mass is 14.9. The zero-order valence-corrected chi connectivity index (χ0v) is 10.1. The molecule has 0 aromatic carbocycles. The van der Waals surface area contributed by atoms with Gasteiger partial charge in [0.1, 0.15) is 0 Å². The third-order valence-corrected chi connectivity index (χ3v) is 2.81. The van der Waals surface area contributed by atoms with E-state index in [0.717, 1.165) is 0 Å². The van der Waals surface area contributed by atoms with Gasteiger partial charge in [-0.3, -0.25) is 0 Å². The van der Waals surface area contributed by atoms with Crippen LogP contribution in [0.1, 0.15) is 59.8 Å². The van der Waals surface area contributed by atoms with E-state index < -0.39 is 0 Å². The molecule has 0 aromatic rings. The van der Waals surface area contributed by atoms with Crippen molar-refractivity contribution in [3.05, 3.63) is 0 Å². The second kappa shape index (κ2) is 6.42. The maximum Gasteiger partial charge on any atom is 0.00408 e. The minimum Gasteiger partial charge on any atom is -0.317 e. The molecule has 0 rings (SSSR count). The van der Waals surface area contributed by atoms with E-state index in [-0.39, 0.29) is 0 Å². The molecular formula is C12H27N. The summed E-state index contributed by atoms with van der Waals surface area (Å²) in [5.74, 6) is 0. The Bertz CT molecular complexity index is 118. The van der Waals surface area contributed by atoms with Crippen LogP contribution in [0.3, 0.4) is 0 Å². The molecule has 13 heavy (non-hydrogen) atoms. The molecule has 1 unspecified atom stereocenters. The lowest BCUT2D eigenvalue weighted by Gasteiger charge is -2.27. The summed E-state index contributed by atoms with van der Waals surface area (Å²) in [5.41, 5.74) is 0.512. The number of hydrogen-bond donors (Lipinski definition) is 1. The standard InChI is InChI=1S/C12H27N/c1-6-7-8-9-12(3,4)10-11(2)13-5/h11,13H,6-10H2,1-5H3. The third kappa shape index (κ3) is 7.06. The molecular weight excluding hydrogens is 158 g/mol. The van der Waals surface area contributed by atoms with Gasteiger partial charge in [0.15, 0.2) is 0 Å². The Kier molecular flexibility index (Phi) is 6.40. The lowest BCUT2D eigenvalue weighted by Crippen LogP contribution is -2.28. The maximum atomic E-state index is 3.31. The molecule has 0 saturated carbocycles. The van der Waals surface area contributed by atoms with Crippen molar-refractivity contribution in [1.82, 2.24) is 5.32 Å². The fourth-order valence-corrected chi connectivity index (χ4v) is 1.89. The first kappa shape index (κ1) is 13.0. The normalized spacial score (nSPS) is 14.5. The Labute approximate surface area is 84.3 Å². The van der Waals surface area contributed by atoms with Crippen molar-refractivity contribution >= 4 is 0 Å². The second-order valence-electron chi connectivity index (χ2n) is 5.02. The van der Waals surface area contributed by atoms with Crippen LogP contribution in [-0.2, 0) is 0 Å². The molecule has 0 fully saturated rings. The highest BCUT2D eigenvalue weighted by Gasteiger charge is 2.19. The Hall–Kier alpha value is -0.0400. The van der Waals surface area contributed by atoms with Crippen molar-refractivity contribution in [3.8, 4) is 0 Å². The lowest BCUT2D eigenvalue weighted by atomic mass is 9.81. The van der Waals surface area contributed by atoms with Gasteiger partial charge in [-0.1, -0.05) is 40.0 Å². The molecule has 0 amide bonds. The fourth-order valence-electron chi connectivity index (χ4n) is 1.89. The Morgan fingerprint density at radius 2 is 1.85 bits per heavy atom. The van der Waals surface area contributed by atoms with Gasteiger partial charge >= 0.3 is 0 Å². The molecule has 0 aliphatic rings. The summed E-state index contributed by atoms with van der Waals surface area (Å²) in [6.07, 6.45) is 6.76. The summed E-state index contributed by atoms with van der Waals surface area (Å²) >= 11 is 0. The summed E-state index contributed by atoms with van der Waals surface area (Å²) in [6.45, 7) is 9.30. The molecule has 0 spiro atoms. The summed E-state index contributed by atoms with van der Waals surface area (Å²) in [5, 5.41) is 3.31. The average molecular weight is 185 g/mol. The monoisotopic (exact) mass is 185 g/mol. The van der Waals surface area contributed by atoms with E-state index in [2.05, 4.69) is 33.0 Å². The van der Waals surface area contributed by atoms with Crippen LogP contribution < -0.4 is 5.32 Å². The molecule has 0 heterocycles. The molecule has 0 aliphatic heterocycles. The van der Waals surface area contributed by atoms with Gasteiger partial charge in [-0.2, -0.15) is 0 Å². The van der Waals surface area contributed by atoms with E-state index in [1.54, 1.807) is 0 Å². The first-order chi connectivity index (χ1) is 6.02. The number of unbranched alkanes of at least 4 members (excludes halogenated alkanes) is 2. The van der Waals surface area contributed by atoms with E-state index in [9.17, 15) is 0 Å². The predicted octanol–water partition coefficient (Wildman–Crippen LogP) is 3.59. The Balaban J connectivity index is 3.65. The van der Waals surface area contributed by atoms with Crippen LogP contribution in [0.4, 0.5) is 0 Å². The number of rotatable bonds is 7. The maximum absolute atomic E-state index is 3.31. The minimum absolute atomic E-state index is 0.512. The van der Waals surface area contributed by atoms with Gasteiger partial charge in [0.05, 0.1) is 0 Å². The molecule has 0 bridgehead atoms. The summed E-state index contributed by atoms with van der Waals surface area (Å²) in [4.78, 5) is 0. The van der Waals surface area contributed by atoms with Crippen LogP contribution in [0.2, 0.25) is 0 Å². The van der Waals surface area contributed by atoms with E-state index >= 15 is 0 Å². The molecule has 0 aromatic heterocycles. The van der Waals surface area contributed by atoms with Gasteiger partial charge < -0.3 is 5.32 Å². The van der Waals surface area contributed by atoms with Crippen LogP contribution in [-0.4, -0.2) is 13.1 Å². The van der Waals surface area contributed by atoms with Crippen LogP contribution >= 0.6 is 0 Å². The van der Waals surface area contributed by atoms with Gasteiger partial charge in [0.25, 0.3) is 0 Å². The minimum atomic E-state index is 0.512. The Morgan fingerprint density at radius 1 is 1.23 bits per heavy atom. The van der Waals surface area contributed by atoms with E-state index in [4.69, 9.17) is 0 Å². The van der Waals surface area contributed by atoms with Gasteiger partial charge in [-0.25, -0.2) is 0 Å². The third-order valence-electron chi connectivity index (χ3n) is 2.81. The smallest absolute Gasteiger partial charge is 0.00408 e. The van der Waals surface area contributed by atoms with Gasteiger partial charge in [0.2, 0.25) is 0 Å². The molecule has 80 valence electrons. The number of nitrogens with one attached hydrogen (secondary N) is 1. The van der Waals surface area contributed by atoms with Crippen LogP contribution in [0.25, 0.3) is 0 Å². The molecule has 1 heteroatoms. The zero-order chi connectivity index (χ0) is 10.3. The van der Waals surface area contributed by atoms with Crippen molar-refractivity contribution in [2.24, 2.45) is 5.41 Å². The molecule has 1 nitrogen and oxygen atoms in total. The van der Waals surface area contributed by atoms with Gasteiger partial charge in [0, 0.05) is 6.04 Å². The first-order valence-electron chi connectivity index (χ1n) is 5.69.